The van der Waals surface area contributed by atoms with Gasteiger partial charge in [-0.15, -0.1) is 24.0 Å². The van der Waals surface area contributed by atoms with E-state index in [1.165, 1.54) is 6.26 Å². The molecule has 0 bridgehead atoms. The number of aliphatic imine (C=N–C) groups is 1. The summed E-state index contributed by atoms with van der Waals surface area (Å²) in [4.78, 5) is 18.8. The number of guanidine groups is 1. The highest BCUT2D eigenvalue weighted by molar-refractivity contribution is 14.0. The predicted octanol–water partition coefficient (Wildman–Crippen LogP) is 1.99. The van der Waals surface area contributed by atoms with E-state index in [-0.39, 0.29) is 29.9 Å². The minimum absolute atomic E-state index is 0. The third-order valence-corrected chi connectivity index (χ3v) is 4.97. The molecule has 2 rings (SSSR count). The maximum absolute atomic E-state index is 12.0. The van der Waals surface area contributed by atoms with Crippen LogP contribution < -0.4 is 16.0 Å². The molecule has 166 valence electrons. The SMILES string of the molecule is CN=C(NCCCNC(=O)c1occc1C)NC1CCN(CCCOC)CC1.I. The van der Waals surface area contributed by atoms with Gasteiger partial charge in [0.25, 0.3) is 5.91 Å². The topological polar surface area (TPSA) is 91.1 Å². The number of nitrogens with one attached hydrogen (secondary N) is 3. The molecule has 1 aliphatic rings. The van der Waals surface area contributed by atoms with Crippen LogP contribution >= 0.6 is 24.0 Å². The van der Waals surface area contributed by atoms with Gasteiger partial charge in [0, 0.05) is 65.1 Å². The van der Waals surface area contributed by atoms with Gasteiger partial charge in [0.1, 0.15) is 0 Å². The fourth-order valence-electron chi connectivity index (χ4n) is 3.30. The van der Waals surface area contributed by atoms with Gasteiger partial charge in [-0.05, 0) is 38.7 Å². The summed E-state index contributed by atoms with van der Waals surface area (Å²) in [6.45, 7) is 7.34. The smallest absolute Gasteiger partial charge is 0.287 e. The number of likely N-dealkylation sites (tertiary alicyclic amines) is 1. The van der Waals surface area contributed by atoms with Crippen molar-refractivity contribution in [3.05, 3.63) is 23.7 Å². The van der Waals surface area contributed by atoms with Gasteiger partial charge in [0.15, 0.2) is 11.7 Å². The third kappa shape index (κ3) is 9.35. The Morgan fingerprint density at radius 3 is 2.62 bits per heavy atom. The Morgan fingerprint density at radius 2 is 2.00 bits per heavy atom. The van der Waals surface area contributed by atoms with Gasteiger partial charge in [0.2, 0.25) is 0 Å². The fraction of sp³-hybridized carbons (Fsp3) is 0.700. The normalized spacial score (nSPS) is 15.6. The minimum Gasteiger partial charge on any atom is -0.459 e. The molecule has 0 spiro atoms. The lowest BCUT2D eigenvalue weighted by molar-refractivity contribution is 0.0925. The number of furan rings is 1. The number of hydrogen-bond donors (Lipinski definition) is 3. The minimum atomic E-state index is -0.165. The van der Waals surface area contributed by atoms with E-state index in [0.29, 0.717) is 18.3 Å². The standard InChI is InChI=1S/C20H35N5O3.HI/c1-16-8-15-28-18(16)19(26)22-9-4-10-23-20(21-2)24-17-6-12-25(13-7-17)11-5-14-27-3;/h8,15,17H,4-7,9-14H2,1-3H3,(H,22,26)(H2,21,23,24);1H. The van der Waals surface area contributed by atoms with E-state index in [1.807, 2.05) is 6.92 Å². The van der Waals surface area contributed by atoms with Crippen LogP contribution in [-0.2, 0) is 4.74 Å². The first-order valence-corrected chi connectivity index (χ1v) is 10.1. The summed E-state index contributed by atoms with van der Waals surface area (Å²) in [5.41, 5.74) is 0.852. The van der Waals surface area contributed by atoms with Crippen molar-refractivity contribution < 1.29 is 13.9 Å². The first-order chi connectivity index (χ1) is 13.6. The largest absolute Gasteiger partial charge is 0.459 e. The molecule has 1 aromatic rings. The Bertz CT molecular complexity index is 615. The van der Waals surface area contributed by atoms with Crippen molar-refractivity contribution in [2.45, 2.75) is 38.6 Å². The Labute approximate surface area is 191 Å². The quantitative estimate of drug-likeness (QED) is 0.189. The zero-order valence-electron chi connectivity index (χ0n) is 17.8. The van der Waals surface area contributed by atoms with Gasteiger partial charge in [-0.1, -0.05) is 0 Å². The number of hydrogen-bond acceptors (Lipinski definition) is 5. The number of halogens is 1. The van der Waals surface area contributed by atoms with Crippen LogP contribution in [0.15, 0.2) is 21.7 Å². The zero-order chi connectivity index (χ0) is 20.2. The maximum atomic E-state index is 12.0. The molecule has 2 heterocycles. The first-order valence-electron chi connectivity index (χ1n) is 10.1. The molecular weight excluding hydrogens is 485 g/mol. The van der Waals surface area contributed by atoms with Crippen LogP contribution in [0.2, 0.25) is 0 Å². The highest BCUT2D eigenvalue weighted by Crippen LogP contribution is 2.10. The van der Waals surface area contributed by atoms with Crippen LogP contribution in [0.1, 0.15) is 41.8 Å². The summed E-state index contributed by atoms with van der Waals surface area (Å²) in [6, 6.07) is 2.24. The highest BCUT2D eigenvalue weighted by atomic mass is 127. The second kappa shape index (κ2) is 14.6. The van der Waals surface area contributed by atoms with Crippen molar-refractivity contribution in [3.8, 4) is 0 Å². The average molecular weight is 521 g/mol. The first kappa shape index (κ1) is 25.7. The van der Waals surface area contributed by atoms with Crippen LogP contribution in [0, 0.1) is 6.92 Å². The van der Waals surface area contributed by atoms with Gasteiger partial charge in [-0.25, -0.2) is 0 Å². The summed E-state index contributed by atoms with van der Waals surface area (Å²) in [6.07, 6.45) is 5.67. The molecule has 0 aromatic carbocycles. The molecule has 1 amide bonds. The number of methoxy groups -OCH3 is 1. The Morgan fingerprint density at radius 1 is 1.28 bits per heavy atom. The Kier molecular flexibility index (Phi) is 13.0. The summed E-state index contributed by atoms with van der Waals surface area (Å²) < 4.78 is 10.3. The van der Waals surface area contributed by atoms with Crippen molar-refractivity contribution in [1.82, 2.24) is 20.9 Å². The fourth-order valence-corrected chi connectivity index (χ4v) is 3.30. The van der Waals surface area contributed by atoms with Gasteiger partial charge < -0.3 is 30.0 Å². The molecule has 0 unspecified atom stereocenters. The predicted molar refractivity (Wildman–Crippen MR) is 126 cm³/mol. The van der Waals surface area contributed by atoms with E-state index < -0.39 is 0 Å². The summed E-state index contributed by atoms with van der Waals surface area (Å²) >= 11 is 0. The molecule has 3 N–H and O–H groups in total. The summed E-state index contributed by atoms with van der Waals surface area (Å²) in [5, 5.41) is 9.71. The number of piperidine rings is 1. The van der Waals surface area contributed by atoms with E-state index in [0.717, 1.165) is 70.0 Å². The van der Waals surface area contributed by atoms with Crippen molar-refractivity contribution >= 4 is 35.8 Å². The van der Waals surface area contributed by atoms with Crippen LogP contribution in [0.3, 0.4) is 0 Å². The van der Waals surface area contributed by atoms with E-state index in [4.69, 9.17) is 9.15 Å². The van der Waals surface area contributed by atoms with Crippen molar-refractivity contribution in [3.63, 3.8) is 0 Å². The molecule has 9 heteroatoms. The molecule has 1 aromatic heterocycles. The summed E-state index contributed by atoms with van der Waals surface area (Å²) in [5.74, 6) is 1.05. The van der Waals surface area contributed by atoms with E-state index in [9.17, 15) is 4.79 Å². The number of amides is 1. The molecule has 1 fully saturated rings. The number of carbonyl (C=O) groups excluding carboxylic acids is 1. The molecule has 0 saturated carbocycles. The lowest BCUT2D eigenvalue weighted by atomic mass is 10.1. The van der Waals surface area contributed by atoms with Crippen LogP contribution in [-0.4, -0.2) is 76.3 Å². The molecule has 1 saturated heterocycles. The number of ether oxygens (including phenoxy) is 1. The van der Waals surface area contributed by atoms with Crippen molar-refractivity contribution in [2.75, 3.05) is 53.5 Å². The Balaban J connectivity index is 0.00000420. The second-order valence-electron chi connectivity index (χ2n) is 7.15. The van der Waals surface area contributed by atoms with Gasteiger partial charge >= 0.3 is 0 Å². The summed E-state index contributed by atoms with van der Waals surface area (Å²) in [7, 11) is 3.54. The van der Waals surface area contributed by atoms with E-state index >= 15 is 0 Å². The van der Waals surface area contributed by atoms with Crippen molar-refractivity contribution in [2.24, 2.45) is 4.99 Å². The number of carbonyl (C=O) groups is 1. The monoisotopic (exact) mass is 521 g/mol. The van der Waals surface area contributed by atoms with Gasteiger partial charge in [-0.2, -0.15) is 0 Å². The molecule has 29 heavy (non-hydrogen) atoms. The maximum Gasteiger partial charge on any atom is 0.287 e. The van der Waals surface area contributed by atoms with Crippen LogP contribution in [0.5, 0.6) is 0 Å². The number of rotatable bonds is 10. The third-order valence-electron chi connectivity index (χ3n) is 4.97. The molecular formula is C20H36IN5O3. The van der Waals surface area contributed by atoms with Gasteiger partial charge in [0.05, 0.1) is 6.26 Å². The van der Waals surface area contributed by atoms with E-state index in [1.54, 1.807) is 20.2 Å². The molecule has 0 atom stereocenters. The molecule has 0 radical (unpaired) electrons. The van der Waals surface area contributed by atoms with Gasteiger partial charge in [-0.3, -0.25) is 9.79 Å². The lowest BCUT2D eigenvalue weighted by Gasteiger charge is -2.33. The second-order valence-corrected chi connectivity index (χ2v) is 7.15. The number of nitrogens with zero attached hydrogens (tertiary/aromatic N) is 2. The molecule has 8 nitrogen and oxygen atoms in total. The zero-order valence-corrected chi connectivity index (χ0v) is 20.2. The van der Waals surface area contributed by atoms with Crippen molar-refractivity contribution in [1.29, 1.82) is 0 Å². The molecule has 1 aliphatic heterocycles. The lowest BCUT2D eigenvalue weighted by Crippen LogP contribution is -2.49. The van der Waals surface area contributed by atoms with Crippen LogP contribution in [0.4, 0.5) is 0 Å². The highest BCUT2D eigenvalue weighted by Gasteiger charge is 2.19. The number of aryl methyl sites for hydroxylation is 1. The Hall–Kier alpha value is -1.33. The molecule has 0 aliphatic carbocycles. The van der Waals surface area contributed by atoms with Crippen LogP contribution in [0.25, 0.3) is 0 Å². The van der Waals surface area contributed by atoms with E-state index in [2.05, 4.69) is 25.8 Å². The average Bonchev–Trinajstić information content (AvgIpc) is 3.14.